The number of rotatable bonds is 3. The largest absolute Gasteiger partial charge is 0.461 e. The zero-order chi connectivity index (χ0) is 15.0. The number of hydrogen-bond donors (Lipinski definition) is 1. The molecule has 0 amide bonds. The van der Waals surface area contributed by atoms with Gasteiger partial charge in [0.15, 0.2) is 0 Å². The van der Waals surface area contributed by atoms with E-state index < -0.39 is 0 Å². The highest BCUT2D eigenvalue weighted by atomic mass is 16.5. The zero-order valence-electron chi connectivity index (χ0n) is 13.2. The molecule has 0 aromatic carbocycles. The number of aliphatic hydroxyl groups excluding tert-OH is 1. The van der Waals surface area contributed by atoms with Crippen molar-refractivity contribution in [1.82, 2.24) is 0 Å². The monoisotopic (exact) mass is 280 g/mol. The van der Waals surface area contributed by atoms with E-state index in [0.717, 1.165) is 18.4 Å². The third-order valence-corrected chi connectivity index (χ3v) is 5.76. The first-order valence-electron chi connectivity index (χ1n) is 7.74. The maximum Gasteiger partial charge on any atom is 0.302 e. The van der Waals surface area contributed by atoms with E-state index in [9.17, 15) is 9.90 Å². The highest BCUT2D eigenvalue weighted by Gasteiger charge is 2.52. The van der Waals surface area contributed by atoms with Gasteiger partial charge in [-0.15, -0.1) is 0 Å². The van der Waals surface area contributed by atoms with Gasteiger partial charge in [-0.05, 0) is 41.6 Å². The van der Waals surface area contributed by atoms with Crippen molar-refractivity contribution in [3.63, 3.8) is 0 Å². The molecule has 3 unspecified atom stereocenters. The Morgan fingerprint density at radius 2 is 2.10 bits per heavy atom. The molecule has 3 nitrogen and oxygen atoms in total. The van der Waals surface area contributed by atoms with E-state index in [4.69, 9.17) is 4.74 Å². The lowest BCUT2D eigenvalue weighted by molar-refractivity contribution is -0.140. The second kappa shape index (κ2) is 5.51. The molecule has 2 rings (SSSR count). The van der Waals surface area contributed by atoms with Gasteiger partial charge in [0.25, 0.3) is 0 Å². The molecule has 20 heavy (non-hydrogen) atoms. The lowest BCUT2D eigenvalue weighted by Crippen LogP contribution is -2.50. The second-order valence-electron chi connectivity index (χ2n) is 7.43. The van der Waals surface area contributed by atoms with Crippen LogP contribution in [0, 0.1) is 22.7 Å². The number of hydrogen-bond acceptors (Lipinski definition) is 3. The summed E-state index contributed by atoms with van der Waals surface area (Å²) in [5.74, 6) is 0.473. The first kappa shape index (κ1) is 15.6. The number of ether oxygens (including phenoxy) is 1. The topological polar surface area (TPSA) is 46.5 Å². The Bertz CT molecular complexity index is 410. The number of fused-ring (bicyclic) bond motifs is 1. The van der Waals surface area contributed by atoms with Gasteiger partial charge in [0.05, 0.1) is 6.61 Å². The zero-order valence-corrected chi connectivity index (χ0v) is 13.2. The number of aliphatic hydroxyl groups is 1. The Balaban J connectivity index is 2.27. The van der Waals surface area contributed by atoms with Crippen LogP contribution in [0.3, 0.4) is 0 Å². The van der Waals surface area contributed by atoms with Crippen LogP contribution >= 0.6 is 0 Å². The third-order valence-electron chi connectivity index (χ3n) is 5.76. The van der Waals surface area contributed by atoms with Gasteiger partial charge in [0, 0.05) is 12.8 Å². The van der Waals surface area contributed by atoms with E-state index in [2.05, 4.69) is 26.8 Å². The average Bonchev–Trinajstić information content (AvgIpc) is 2.34. The molecule has 0 saturated heterocycles. The summed E-state index contributed by atoms with van der Waals surface area (Å²) in [5.41, 5.74) is 1.56. The van der Waals surface area contributed by atoms with Crippen molar-refractivity contribution in [1.29, 1.82) is 0 Å². The fourth-order valence-corrected chi connectivity index (χ4v) is 4.68. The minimum atomic E-state index is -0.251. The Morgan fingerprint density at radius 3 is 2.70 bits per heavy atom. The van der Waals surface area contributed by atoms with Crippen LogP contribution in [0.25, 0.3) is 0 Å². The molecule has 0 radical (unpaired) electrons. The second-order valence-corrected chi connectivity index (χ2v) is 7.43. The van der Waals surface area contributed by atoms with Gasteiger partial charge < -0.3 is 9.84 Å². The van der Waals surface area contributed by atoms with Gasteiger partial charge in [-0.25, -0.2) is 0 Å². The summed E-state index contributed by atoms with van der Waals surface area (Å²) in [6, 6.07) is 0. The van der Waals surface area contributed by atoms with Crippen molar-refractivity contribution in [3.8, 4) is 0 Å². The predicted octanol–water partition coefficient (Wildman–Crippen LogP) is 3.32. The minimum Gasteiger partial charge on any atom is -0.461 e. The lowest BCUT2D eigenvalue weighted by atomic mass is 9.49. The average molecular weight is 280 g/mol. The molecular weight excluding hydrogens is 252 g/mol. The van der Waals surface area contributed by atoms with E-state index >= 15 is 0 Å². The molecule has 3 heteroatoms. The van der Waals surface area contributed by atoms with Crippen molar-refractivity contribution >= 4 is 5.97 Å². The Hall–Kier alpha value is -0.830. The van der Waals surface area contributed by atoms with Crippen LogP contribution in [-0.2, 0) is 9.53 Å². The van der Waals surface area contributed by atoms with Crippen LogP contribution in [0.1, 0.15) is 53.4 Å². The Labute approximate surface area is 122 Å². The number of allylic oxidation sites excluding steroid dienone is 1. The summed E-state index contributed by atoms with van der Waals surface area (Å²) in [6.45, 7) is 8.95. The molecule has 2 aliphatic rings. The summed E-state index contributed by atoms with van der Waals surface area (Å²) in [7, 11) is 0. The van der Waals surface area contributed by atoms with Crippen LogP contribution < -0.4 is 0 Å². The molecule has 1 saturated carbocycles. The summed E-state index contributed by atoms with van der Waals surface area (Å²) < 4.78 is 5.17. The highest BCUT2D eigenvalue weighted by molar-refractivity contribution is 5.66. The molecule has 114 valence electrons. The Morgan fingerprint density at radius 1 is 1.40 bits per heavy atom. The van der Waals surface area contributed by atoms with E-state index in [1.165, 1.54) is 19.8 Å². The molecule has 0 aromatic rings. The fraction of sp³-hybridized carbons (Fsp3) is 0.824. The normalized spacial score (nSPS) is 36.0. The number of esters is 1. The number of carbonyl (C=O) groups excluding carboxylic acids is 1. The smallest absolute Gasteiger partial charge is 0.302 e. The van der Waals surface area contributed by atoms with E-state index in [0.29, 0.717) is 17.9 Å². The maximum atomic E-state index is 11.0. The highest BCUT2D eigenvalue weighted by Crippen LogP contribution is 2.59. The molecular formula is C17H28O3. The lowest BCUT2D eigenvalue weighted by Gasteiger charge is -2.56. The quantitative estimate of drug-likeness (QED) is 0.637. The summed E-state index contributed by atoms with van der Waals surface area (Å²) >= 11 is 0. The summed E-state index contributed by atoms with van der Waals surface area (Å²) in [4.78, 5) is 11.0. The van der Waals surface area contributed by atoms with Crippen molar-refractivity contribution in [2.45, 2.75) is 53.4 Å². The molecule has 0 aromatic heterocycles. The molecule has 1 N–H and O–H groups in total. The molecule has 3 atom stereocenters. The maximum absolute atomic E-state index is 11.0. The first-order valence-corrected chi connectivity index (χ1v) is 7.74. The van der Waals surface area contributed by atoms with E-state index in [-0.39, 0.29) is 23.9 Å². The molecule has 0 bridgehead atoms. The van der Waals surface area contributed by atoms with Crippen LogP contribution in [0.4, 0.5) is 0 Å². The van der Waals surface area contributed by atoms with Gasteiger partial charge in [-0.3, -0.25) is 4.79 Å². The van der Waals surface area contributed by atoms with Crippen LogP contribution in [0.2, 0.25) is 0 Å². The van der Waals surface area contributed by atoms with Crippen LogP contribution in [0.15, 0.2) is 11.6 Å². The molecule has 0 spiro atoms. The van der Waals surface area contributed by atoms with Gasteiger partial charge in [-0.1, -0.05) is 33.3 Å². The third kappa shape index (κ3) is 2.65. The van der Waals surface area contributed by atoms with Gasteiger partial charge >= 0.3 is 5.97 Å². The van der Waals surface area contributed by atoms with Gasteiger partial charge in [0.1, 0.15) is 6.61 Å². The molecule has 1 fully saturated rings. The molecule has 0 heterocycles. The molecule has 2 aliphatic carbocycles. The minimum absolute atomic E-state index is 0.125. The Kier molecular flexibility index (Phi) is 4.29. The van der Waals surface area contributed by atoms with E-state index in [1.54, 1.807) is 0 Å². The van der Waals surface area contributed by atoms with Crippen molar-refractivity contribution in [3.05, 3.63) is 11.6 Å². The van der Waals surface area contributed by atoms with Crippen LogP contribution in [0.5, 0.6) is 0 Å². The molecule has 0 aliphatic heterocycles. The fourth-order valence-electron chi connectivity index (χ4n) is 4.68. The van der Waals surface area contributed by atoms with Crippen LogP contribution in [-0.4, -0.2) is 24.3 Å². The summed E-state index contributed by atoms with van der Waals surface area (Å²) in [5, 5.41) is 9.92. The number of carbonyl (C=O) groups is 1. The standard InChI is InChI=1S/C17H28O3/c1-12(19)20-11-13-6-7-15-16(2,3)8-5-9-17(15,4)14(13)10-18/h6,14-15,18H,5,7-11H2,1-4H3. The van der Waals surface area contributed by atoms with Gasteiger partial charge in [0.2, 0.25) is 0 Å². The van der Waals surface area contributed by atoms with E-state index in [1.807, 2.05) is 0 Å². The first-order chi connectivity index (χ1) is 9.31. The van der Waals surface area contributed by atoms with Crippen molar-refractivity contribution in [2.24, 2.45) is 22.7 Å². The predicted molar refractivity (Wildman–Crippen MR) is 79.1 cm³/mol. The van der Waals surface area contributed by atoms with Crippen molar-refractivity contribution < 1.29 is 14.6 Å². The summed E-state index contributed by atoms with van der Waals surface area (Å²) in [6.07, 6.45) is 6.89. The van der Waals surface area contributed by atoms with Crippen molar-refractivity contribution in [2.75, 3.05) is 13.2 Å². The van der Waals surface area contributed by atoms with Gasteiger partial charge in [-0.2, -0.15) is 0 Å². The SMILES string of the molecule is CC(=O)OCC1=CCC2C(C)(C)CCCC2(C)C1CO.